The first kappa shape index (κ1) is 20.8. The molecule has 0 aromatic rings. The van der Waals surface area contributed by atoms with Gasteiger partial charge in [-0.25, -0.2) is 0 Å². The molecule has 1 aliphatic heterocycles. The Morgan fingerprint density at radius 1 is 0.828 bits per heavy atom. The highest BCUT2D eigenvalue weighted by Crippen LogP contribution is 2.70. The molecule has 1 saturated heterocycles. The van der Waals surface area contributed by atoms with Crippen LogP contribution in [0, 0.1) is 58.2 Å². The maximum Gasteiger partial charge on any atom is 0.0878 e. The number of rotatable bonds is 5. The van der Waals surface area contributed by atoms with E-state index in [9.17, 15) is 0 Å². The lowest BCUT2D eigenvalue weighted by molar-refractivity contribution is -0.117. The zero-order valence-electron chi connectivity index (χ0n) is 20.3. The quantitative estimate of drug-likeness (QED) is 0.430. The van der Waals surface area contributed by atoms with Crippen molar-refractivity contribution in [3.63, 3.8) is 0 Å². The van der Waals surface area contributed by atoms with Crippen LogP contribution < -0.4 is 0 Å². The molecular formula is C28H48O. The highest BCUT2D eigenvalue weighted by Gasteiger charge is 2.66. The van der Waals surface area contributed by atoms with Crippen LogP contribution in [0.5, 0.6) is 0 Å². The first-order valence-corrected chi connectivity index (χ1v) is 13.4. The van der Waals surface area contributed by atoms with Gasteiger partial charge in [-0.2, -0.15) is 0 Å². The maximum atomic E-state index is 6.21. The van der Waals surface area contributed by atoms with Crippen molar-refractivity contribution in [1.82, 2.24) is 0 Å². The van der Waals surface area contributed by atoms with Gasteiger partial charge in [0.15, 0.2) is 0 Å². The first-order chi connectivity index (χ1) is 13.8. The van der Waals surface area contributed by atoms with Gasteiger partial charge in [0.1, 0.15) is 0 Å². The van der Waals surface area contributed by atoms with Gasteiger partial charge in [0.25, 0.3) is 0 Å². The van der Waals surface area contributed by atoms with E-state index in [2.05, 4.69) is 41.5 Å². The third-order valence-electron chi connectivity index (χ3n) is 11.4. The molecular weight excluding hydrogens is 352 g/mol. The van der Waals surface area contributed by atoms with E-state index in [0.717, 1.165) is 47.3 Å². The van der Waals surface area contributed by atoms with Crippen LogP contribution in [-0.4, -0.2) is 12.2 Å². The smallest absolute Gasteiger partial charge is 0.0878 e. The van der Waals surface area contributed by atoms with Crippen LogP contribution in [0.1, 0.15) is 106 Å². The van der Waals surface area contributed by atoms with Gasteiger partial charge in [0.2, 0.25) is 0 Å². The molecule has 4 aliphatic carbocycles. The number of ether oxygens (including phenoxy) is 1. The predicted octanol–water partition coefficient (Wildman–Crippen LogP) is 7.73. The fourth-order valence-electron chi connectivity index (χ4n) is 10.1. The summed E-state index contributed by atoms with van der Waals surface area (Å²) >= 11 is 0. The van der Waals surface area contributed by atoms with Crippen LogP contribution in [0.15, 0.2) is 0 Å². The van der Waals surface area contributed by atoms with E-state index >= 15 is 0 Å². The van der Waals surface area contributed by atoms with E-state index in [1.54, 1.807) is 0 Å². The Bertz CT molecular complexity index is 611. The topological polar surface area (TPSA) is 12.5 Å². The highest BCUT2D eigenvalue weighted by molar-refractivity contribution is 5.14. The second-order valence-corrected chi connectivity index (χ2v) is 13.3. The molecule has 11 atom stereocenters. The highest BCUT2D eigenvalue weighted by atomic mass is 16.6. The predicted molar refractivity (Wildman–Crippen MR) is 122 cm³/mol. The molecule has 4 saturated carbocycles. The van der Waals surface area contributed by atoms with Crippen molar-refractivity contribution < 1.29 is 4.74 Å². The number of hydrogen-bond donors (Lipinski definition) is 0. The van der Waals surface area contributed by atoms with Crippen LogP contribution in [0.4, 0.5) is 0 Å². The minimum absolute atomic E-state index is 0.572. The van der Waals surface area contributed by atoms with E-state index in [0.29, 0.717) is 23.0 Å². The minimum atomic E-state index is 0.572. The fraction of sp³-hybridized carbons (Fsp3) is 1.00. The zero-order chi connectivity index (χ0) is 20.6. The van der Waals surface area contributed by atoms with Crippen LogP contribution in [0.25, 0.3) is 0 Å². The van der Waals surface area contributed by atoms with E-state index in [1.807, 2.05) is 0 Å². The Balaban J connectivity index is 1.31. The Morgan fingerprint density at radius 3 is 2.31 bits per heavy atom. The third kappa shape index (κ3) is 3.18. The minimum Gasteiger partial charge on any atom is -0.369 e. The van der Waals surface area contributed by atoms with E-state index in [1.165, 1.54) is 64.2 Å². The average Bonchev–Trinajstić information content (AvgIpc) is 3.36. The van der Waals surface area contributed by atoms with Gasteiger partial charge in [-0.1, -0.05) is 60.8 Å². The summed E-state index contributed by atoms with van der Waals surface area (Å²) in [5.74, 6) is 7.49. The van der Waals surface area contributed by atoms with Gasteiger partial charge in [-0.15, -0.1) is 0 Å². The molecule has 5 fully saturated rings. The van der Waals surface area contributed by atoms with Crippen molar-refractivity contribution in [3.05, 3.63) is 0 Å². The average molecular weight is 401 g/mol. The van der Waals surface area contributed by atoms with E-state index in [4.69, 9.17) is 4.74 Å². The zero-order valence-corrected chi connectivity index (χ0v) is 20.3. The molecule has 166 valence electrons. The molecule has 1 heteroatoms. The van der Waals surface area contributed by atoms with Gasteiger partial charge in [0.05, 0.1) is 12.2 Å². The second-order valence-electron chi connectivity index (χ2n) is 13.3. The Kier molecular flexibility index (Phi) is 5.21. The van der Waals surface area contributed by atoms with Crippen LogP contribution in [0.3, 0.4) is 0 Å². The molecule has 29 heavy (non-hydrogen) atoms. The standard InChI is InChI=1S/C28H48O/c1-17(2)8-7-9-18(3)21-12-13-22-20-10-11-24-26-25(29-26)19(4)16-28(24,6)23(20)14-15-27(21,22)5/h17-26H,7-16H2,1-6H3/t18-,19-,20+,21-,22+,23+,24+,25-,26+,27-,28-/m1/s1. The van der Waals surface area contributed by atoms with E-state index < -0.39 is 0 Å². The summed E-state index contributed by atoms with van der Waals surface area (Å²) in [4.78, 5) is 0. The van der Waals surface area contributed by atoms with Crippen molar-refractivity contribution in [2.75, 3.05) is 0 Å². The Hall–Kier alpha value is -0.0400. The van der Waals surface area contributed by atoms with Crippen LogP contribution in [-0.2, 0) is 4.74 Å². The molecule has 1 nitrogen and oxygen atoms in total. The lowest BCUT2D eigenvalue weighted by Gasteiger charge is -2.60. The summed E-state index contributed by atoms with van der Waals surface area (Å²) in [6.45, 7) is 15.3. The summed E-state index contributed by atoms with van der Waals surface area (Å²) in [7, 11) is 0. The van der Waals surface area contributed by atoms with Crippen molar-refractivity contribution in [2.24, 2.45) is 58.2 Å². The normalized spacial score (nSPS) is 54.3. The number of epoxide rings is 1. The van der Waals surface area contributed by atoms with Crippen molar-refractivity contribution >= 4 is 0 Å². The summed E-state index contributed by atoms with van der Waals surface area (Å²) in [6.07, 6.45) is 16.1. The maximum absolute atomic E-state index is 6.21. The summed E-state index contributed by atoms with van der Waals surface area (Å²) < 4.78 is 6.21. The third-order valence-corrected chi connectivity index (χ3v) is 11.4. The molecule has 0 N–H and O–H groups in total. The van der Waals surface area contributed by atoms with Crippen molar-refractivity contribution in [3.8, 4) is 0 Å². The largest absolute Gasteiger partial charge is 0.369 e. The molecule has 1 heterocycles. The SMILES string of the molecule is CC(C)CCC[C@@H](C)[C@H]1CC[C@H]2[C@@H]3CC[C@H]4[C@@H]5O[C@@H]5[C@H](C)C[C@]4(C)[C@H]3CC[C@]12C. The summed E-state index contributed by atoms with van der Waals surface area (Å²) in [5.41, 5.74) is 1.21. The molecule has 0 spiro atoms. The van der Waals surface area contributed by atoms with Gasteiger partial charge < -0.3 is 4.74 Å². The van der Waals surface area contributed by atoms with E-state index in [-0.39, 0.29) is 0 Å². The fourth-order valence-corrected chi connectivity index (χ4v) is 10.1. The molecule has 5 rings (SSSR count). The second kappa shape index (κ2) is 7.25. The van der Waals surface area contributed by atoms with Crippen molar-refractivity contribution in [2.45, 2.75) is 118 Å². The molecule has 5 aliphatic rings. The summed E-state index contributed by atoms with van der Waals surface area (Å²) in [6, 6.07) is 0. The molecule has 0 bridgehead atoms. The molecule has 0 unspecified atom stereocenters. The lowest BCUT2D eigenvalue weighted by Crippen LogP contribution is -2.55. The molecule has 0 radical (unpaired) electrons. The first-order valence-electron chi connectivity index (χ1n) is 13.4. The monoisotopic (exact) mass is 400 g/mol. The number of hydrogen-bond acceptors (Lipinski definition) is 1. The van der Waals surface area contributed by atoms with Crippen molar-refractivity contribution in [1.29, 1.82) is 0 Å². The Morgan fingerprint density at radius 2 is 1.55 bits per heavy atom. The van der Waals surface area contributed by atoms with Crippen LogP contribution >= 0.6 is 0 Å². The van der Waals surface area contributed by atoms with Crippen LogP contribution in [0.2, 0.25) is 0 Å². The van der Waals surface area contributed by atoms with Gasteiger partial charge in [0, 0.05) is 0 Å². The van der Waals surface area contributed by atoms with Gasteiger partial charge in [-0.05, 0) is 103 Å². The molecule has 0 aromatic carbocycles. The number of fused-ring (bicyclic) bond motifs is 7. The Labute approximate surface area is 181 Å². The van der Waals surface area contributed by atoms with Gasteiger partial charge in [-0.3, -0.25) is 0 Å². The molecule has 0 amide bonds. The lowest BCUT2D eigenvalue weighted by atomic mass is 9.44. The summed E-state index contributed by atoms with van der Waals surface area (Å²) in [5, 5.41) is 0. The van der Waals surface area contributed by atoms with Gasteiger partial charge >= 0.3 is 0 Å². The molecule has 0 aromatic heterocycles.